The first-order valence-corrected chi connectivity index (χ1v) is 13.0. The molecule has 1 heterocycles. The third kappa shape index (κ3) is 6.64. The predicted molar refractivity (Wildman–Crippen MR) is 125 cm³/mol. The molecule has 0 bridgehead atoms. The Balaban J connectivity index is 2.74. The highest BCUT2D eigenvalue weighted by Crippen LogP contribution is 2.51. The van der Waals surface area contributed by atoms with Gasteiger partial charge in [0.1, 0.15) is 6.29 Å². The number of hydrogen-bond acceptors (Lipinski definition) is 9. The van der Waals surface area contributed by atoms with Crippen LogP contribution in [0.2, 0.25) is 0 Å². The topological polar surface area (TPSA) is 95.9 Å². The average Bonchev–Trinajstić information content (AvgIpc) is 2.77. The molecular weight excluding hydrogens is 431 g/mol. The molecule has 0 saturated carbocycles. The summed E-state index contributed by atoms with van der Waals surface area (Å²) in [5, 5.41) is 0. The molecule has 0 aliphatic carbocycles. The van der Waals surface area contributed by atoms with E-state index in [-0.39, 0.29) is 37.5 Å². The fourth-order valence-electron chi connectivity index (χ4n) is 3.32. The second-order valence-electron chi connectivity index (χ2n) is 6.71. The van der Waals surface area contributed by atoms with Crippen LogP contribution in [0.5, 0.6) is 12.0 Å². The summed E-state index contributed by atoms with van der Waals surface area (Å²) in [7, 11) is -3.48. The van der Waals surface area contributed by atoms with Gasteiger partial charge in [0.2, 0.25) is 5.95 Å². The Morgan fingerprint density at radius 2 is 1.28 bits per heavy atom. The van der Waals surface area contributed by atoms with Crippen molar-refractivity contribution in [3.63, 3.8) is 0 Å². The second-order valence-corrected chi connectivity index (χ2v) is 8.74. The van der Waals surface area contributed by atoms with Crippen LogP contribution < -0.4 is 14.4 Å². The lowest BCUT2D eigenvalue weighted by Gasteiger charge is -2.30. The van der Waals surface area contributed by atoms with E-state index >= 15 is 0 Å². The molecule has 0 atom stereocenters. The molecule has 0 N–H and O–H groups in total. The molecule has 0 radical (unpaired) electrons. The first-order chi connectivity index (χ1) is 15.4. The molecule has 9 nitrogen and oxygen atoms in total. The molecule has 0 aliphatic heterocycles. The maximum Gasteiger partial charge on any atom is 0.350 e. The van der Waals surface area contributed by atoms with Gasteiger partial charge in [-0.05, 0) is 51.7 Å². The molecule has 0 spiro atoms. The Labute approximate surface area is 191 Å². The van der Waals surface area contributed by atoms with E-state index in [1.54, 1.807) is 18.7 Å². The summed E-state index contributed by atoms with van der Waals surface area (Å²) in [4.78, 5) is 15.0. The minimum absolute atomic E-state index is 0.0557. The Morgan fingerprint density at radius 1 is 0.781 bits per heavy atom. The van der Waals surface area contributed by atoms with Gasteiger partial charge < -0.3 is 18.5 Å². The largest absolute Gasteiger partial charge is 0.464 e. The van der Waals surface area contributed by atoms with Gasteiger partial charge in [-0.25, -0.2) is 0 Å². The highest BCUT2D eigenvalue weighted by molar-refractivity contribution is 7.54. The summed E-state index contributed by atoms with van der Waals surface area (Å²) in [6.45, 7) is 12.7. The van der Waals surface area contributed by atoms with Gasteiger partial charge >= 0.3 is 19.6 Å². The molecule has 1 aromatic heterocycles. The number of rotatable bonds is 14. The van der Waals surface area contributed by atoms with Crippen LogP contribution in [0, 0.1) is 0 Å². The fourth-order valence-corrected chi connectivity index (χ4v) is 4.96. The van der Waals surface area contributed by atoms with Crippen molar-refractivity contribution in [3.8, 4) is 12.0 Å². The van der Waals surface area contributed by atoms with Crippen molar-refractivity contribution < 1.29 is 23.1 Å². The van der Waals surface area contributed by atoms with Crippen LogP contribution in [0.3, 0.4) is 0 Å². The highest BCUT2D eigenvalue weighted by Gasteiger charge is 2.32. The first kappa shape index (κ1) is 26.0. The van der Waals surface area contributed by atoms with Gasteiger partial charge in [0, 0.05) is 0 Å². The van der Waals surface area contributed by atoms with Gasteiger partial charge in [0.05, 0.1) is 32.1 Å². The van der Waals surface area contributed by atoms with Crippen LogP contribution in [0.4, 0.5) is 11.6 Å². The summed E-state index contributed by atoms with van der Waals surface area (Å²) in [6, 6.07) is 6.39. The SMILES string of the molecule is CCOc1nc(OCC)nc(N(CP(=O)(OCC)OCC)c2c(CC)cccc2CC)n1. The van der Waals surface area contributed by atoms with E-state index in [4.69, 9.17) is 18.5 Å². The van der Waals surface area contributed by atoms with Gasteiger partial charge in [0.15, 0.2) is 0 Å². The minimum Gasteiger partial charge on any atom is -0.464 e. The standard InChI is InChI=1S/C22H35N4O5P/c1-7-17-14-13-15-18(8-2)19(17)26(16-32(27,30-11-5)31-12-6)20-23-21(28-9-3)25-22(24-20)29-10-4/h13-15H,7-12,16H2,1-6H3. The number of aryl methyl sites for hydroxylation is 2. The first-order valence-electron chi connectivity index (χ1n) is 11.2. The Bertz CT molecular complexity index is 855. The molecule has 0 amide bonds. The Kier molecular flexibility index (Phi) is 10.4. The van der Waals surface area contributed by atoms with Crippen LogP contribution >= 0.6 is 7.60 Å². The molecule has 2 rings (SSSR count). The molecule has 178 valence electrons. The van der Waals surface area contributed by atoms with E-state index in [1.807, 2.05) is 32.0 Å². The van der Waals surface area contributed by atoms with Gasteiger partial charge in [-0.2, -0.15) is 9.97 Å². The van der Waals surface area contributed by atoms with Crippen LogP contribution in [0.15, 0.2) is 18.2 Å². The normalized spacial score (nSPS) is 11.4. The van der Waals surface area contributed by atoms with Crippen molar-refractivity contribution >= 4 is 19.2 Å². The number of hydrogen-bond donors (Lipinski definition) is 0. The zero-order valence-electron chi connectivity index (χ0n) is 20.0. The quantitative estimate of drug-likeness (QED) is 0.350. The molecular formula is C22H35N4O5P. The summed E-state index contributed by atoms with van der Waals surface area (Å²) in [5.74, 6) is 0.266. The molecule has 0 fully saturated rings. The average molecular weight is 467 g/mol. The van der Waals surface area contributed by atoms with Crippen molar-refractivity contribution in [3.05, 3.63) is 29.3 Å². The Hall–Kier alpha value is -2.22. The van der Waals surface area contributed by atoms with E-state index in [2.05, 4.69) is 28.8 Å². The van der Waals surface area contributed by atoms with Gasteiger partial charge in [0.25, 0.3) is 0 Å². The summed E-state index contributed by atoms with van der Waals surface area (Å²) >= 11 is 0. The van der Waals surface area contributed by atoms with E-state index in [0.717, 1.165) is 29.7 Å². The second kappa shape index (κ2) is 12.7. The predicted octanol–water partition coefficient (Wildman–Crippen LogP) is 5.16. The van der Waals surface area contributed by atoms with Gasteiger partial charge in [-0.3, -0.25) is 9.46 Å². The lowest BCUT2D eigenvalue weighted by molar-refractivity contribution is 0.220. The van der Waals surface area contributed by atoms with Crippen LogP contribution in [-0.4, -0.2) is 47.7 Å². The number of benzene rings is 1. The van der Waals surface area contributed by atoms with Gasteiger partial charge in [-0.15, -0.1) is 4.98 Å². The van der Waals surface area contributed by atoms with Crippen molar-refractivity contribution in [1.29, 1.82) is 0 Å². The molecule has 0 aliphatic rings. The van der Waals surface area contributed by atoms with Crippen molar-refractivity contribution in [2.45, 2.75) is 54.4 Å². The molecule has 2 aromatic rings. The lowest BCUT2D eigenvalue weighted by atomic mass is 10.0. The zero-order chi connectivity index (χ0) is 23.6. The number of nitrogens with zero attached hydrogens (tertiary/aromatic N) is 4. The van der Waals surface area contributed by atoms with Gasteiger partial charge in [-0.1, -0.05) is 32.0 Å². The minimum atomic E-state index is -3.48. The van der Waals surface area contributed by atoms with E-state index in [1.165, 1.54) is 0 Å². The maximum atomic E-state index is 13.6. The summed E-state index contributed by atoms with van der Waals surface area (Å²) in [6.07, 6.45) is 1.49. The zero-order valence-corrected chi connectivity index (χ0v) is 20.9. The molecule has 0 unspecified atom stereocenters. The number of anilines is 2. The smallest absolute Gasteiger partial charge is 0.350 e. The summed E-state index contributed by atoms with van der Waals surface area (Å²) in [5.41, 5.74) is 3.02. The van der Waals surface area contributed by atoms with E-state index < -0.39 is 7.60 Å². The molecule has 32 heavy (non-hydrogen) atoms. The summed E-state index contributed by atoms with van der Waals surface area (Å²) < 4.78 is 35.9. The monoisotopic (exact) mass is 466 g/mol. The maximum absolute atomic E-state index is 13.6. The van der Waals surface area contributed by atoms with E-state index in [9.17, 15) is 4.57 Å². The van der Waals surface area contributed by atoms with Crippen molar-refractivity contribution in [2.75, 3.05) is 37.6 Å². The third-order valence-electron chi connectivity index (χ3n) is 4.57. The molecule has 1 aromatic carbocycles. The number of aromatic nitrogens is 3. The van der Waals surface area contributed by atoms with E-state index in [0.29, 0.717) is 13.2 Å². The van der Waals surface area contributed by atoms with Crippen molar-refractivity contribution in [1.82, 2.24) is 15.0 Å². The fraction of sp³-hybridized carbons (Fsp3) is 0.591. The molecule has 10 heteroatoms. The third-order valence-corrected chi connectivity index (χ3v) is 6.50. The molecule has 0 saturated heterocycles. The number of ether oxygens (including phenoxy) is 2. The Morgan fingerprint density at radius 3 is 1.69 bits per heavy atom. The lowest BCUT2D eigenvalue weighted by Crippen LogP contribution is -2.26. The van der Waals surface area contributed by atoms with Crippen LogP contribution in [0.1, 0.15) is 52.7 Å². The van der Waals surface area contributed by atoms with Crippen molar-refractivity contribution in [2.24, 2.45) is 0 Å². The van der Waals surface area contributed by atoms with Crippen LogP contribution in [-0.2, 0) is 26.5 Å². The van der Waals surface area contributed by atoms with Crippen LogP contribution in [0.25, 0.3) is 0 Å². The highest BCUT2D eigenvalue weighted by atomic mass is 31.2. The number of para-hydroxylation sites is 1.